The SMILES string of the molecule is COc1cc2ncnc(Cc3ccc4c(c3)CCN4C(=O)Cc3[nH]nc4ccccc34)c2cc1OC. The van der Waals surface area contributed by atoms with Crippen molar-refractivity contribution < 1.29 is 14.3 Å². The first-order valence-corrected chi connectivity index (χ1v) is 11.8. The van der Waals surface area contributed by atoms with Crippen LogP contribution in [0.3, 0.4) is 0 Å². The number of hydrogen-bond acceptors (Lipinski definition) is 6. The topological polar surface area (TPSA) is 93.2 Å². The Kier molecular flexibility index (Phi) is 5.48. The number of amides is 1. The fraction of sp³-hybridized carbons (Fsp3) is 0.214. The summed E-state index contributed by atoms with van der Waals surface area (Å²) in [5.74, 6) is 1.35. The lowest BCUT2D eigenvalue weighted by Gasteiger charge is -2.17. The summed E-state index contributed by atoms with van der Waals surface area (Å²) in [7, 11) is 3.23. The summed E-state index contributed by atoms with van der Waals surface area (Å²) in [6, 6.07) is 18.0. The molecule has 0 saturated heterocycles. The number of fused-ring (bicyclic) bond motifs is 3. The van der Waals surface area contributed by atoms with Gasteiger partial charge in [-0.2, -0.15) is 5.10 Å². The van der Waals surface area contributed by atoms with Crippen molar-refractivity contribution >= 4 is 33.4 Å². The second-order valence-electron chi connectivity index (χ2n) is 8.88. The molecule has 1 aliphatic rings. The lowest BCUT2D eigenvalue weighted by Crippen LogP contribution is -2.30. The molecule has 3 heterocycles. The van der Waals surface area contributed by atoms with E-state index in [0.717, 1.165) is 50.9 Å². The van der Waals surface area contributed by atoms with Crippen molar-refractivity contribution in [2.45, 2.75) is 19.3 Å². The molecule has 0 aliphatic carbocycles. The normalized spacial score (nSPS) is 12.8. The number of nitrogens with one attached hydrogen (secondary N) is 1. The molecule has 1 N–H and O–H groups in total. The van der Waals surface area contributed by atoms with Crippen LogP contribution in [-0.4, -0.2) is 46.8 Å². The van der Waals surface area contributed by atoms with Crippen LogP contribution < -0.4 is 14.4 Å². The molecule has 180 valence electrons. The van der Waals surface area contributed by atoms with Crippen molar-refractivity contribution in [3.8, 4) is 11.5 Å². The Hall–Kier alpha value is -4.46. The molecular weight excluding hydrogens is 454 g/mol. The van der Waals surface area contributed by atoms with Gasteiger partial charge in [0.05, 0.1) is 43.1 Å². The van der Waals surface area contributed by atoms with E-state index in [2.05, 4.69) is 32.3 Å². The van der Waals surface area contributed by atoms with Gasteiger partial charge < -0.3 is 14.4 Å². The minimum Gasteiger partial charge on any atom is -0.493 e. The van der Waals surface area contributed by atoms with E-state index in [0.29, 0.717) is 30.9 Å². The van der Waals surface area contributed by atoms with Gasteiger partial charge in [-0.25, -0.2) is 9.97 Å². The molecule has 0 fully saturated rings. The fourth-order valence-electron chi connectivity index (χ4n) is 4.99. The lowest BCUT2D eigenvalue weighted by atomic mass is 10.0. The van der Waals surface area contributed by atoms with E-state index in [4.69, 9.17) is 9.47 Å². The summed E-state index contributed by atoms with van der Waals surface area (Å²) in [5.41, 5.74) is 6.74. The molecule has 0 radical (unpaired) electrons. The van der Waals surface area contributed by atoms with Crippen molar-refractivity contribution in [3.63, 3.8) is 0 Å². The highest BCUT2D eigenvalue weighted by Gasteiger charge is 2.26. The van der Waals surface area contributed by atoms with Crippen molar-refractivity contribution in [2.24, 2.45) is 0 Å². The van der Waals surface area contributed by atoms with Gasteiger partial charge in [0.25, 0.3) is 0 Å². The molecule has 0 unspecified atom stereocenters. The van der Waals surface area contributed by atoms with Crippen LogP contribution in [0.15, 0.2) is 60.9 Å². The summed E-state index contributed by atoms with van der Waals surface area (Å²) in [4.78, 5) is 24.0. The summed E-state index contributed by atoms with van der Waals surface area (Å²) in [6.45, 7) is 0.678. The van der Waals surface area contributed by atoms with Gasteiger partial charge in [0.2, 0.25) is 5.91 Å². The monoisotopic (exact) mass is 479 g/mol. The Balaban J connectivity index is 1.24. The quantitative estimate of drug-likeness (QED) is 0.392. The van der Waals surface area contributed by atoms with Gasteiger partial charge in [-0.05, 0) is 35.7 Å². The number of ether oxygens (including phenoxy) is 2. The van der Waals surface area contributed by atoms with Gasteiger partial charge in [-0.15, -0.1) is 0 Å². The molecule has 0 spiro atoms. The van der Waals surface area contributed by atoms with Crippen LogP contribution in [0.2, 0.25) is 0 Å². The predicted octanol–water partition coefficient (Wildman–Crippen LogP) is 4.25. The van der Waals surface area contributed by atoms with Crippen molar-refractivity contribution in [2.75, 3.05) is 25.7 Å². The van der Waals surface area contributed by atoms with Crippen LogP contribution in [0.25, 0.3) is 21.8 Å². The lowest BCUT2D eigenvalue weighted by molar-refractivity contribution is -0.117. The van der Waals surface area contributed by atoms with E-state index < -0.39 is 0 Å². The Morgan fingerprint density at radius 1 is 0.972 bits per heavy atom. The van der Waals surface area contributed by atoms with Gasteiger partial charge in [0, 0.05) is 35.5 Å². The van der Waals surface area contributed by atoms with E-state index in [1.807, 2.05) is 47.4 Å². The standard InChI is InChI=1S/C28H25N5O3/c1-35-26-13-20-22(29-16-30-23(20)14-27(26)36-2)12-17-7-8-25-18(11-17)9-10-33(25)28(34)15-24-19-5-3-4-6-21(19)31-32-24/h3-8,11,13-14,16H,9-10,12,15H2,1-2H3,(H,31,32). The molecule has 0 saturated carbocycles. The fourth-order valence-corrected chi connectivity index (χ4v) is 4.99. The number of carbonyl (C=O) groups excluding carboxylic acids is 1. The van der Waals surface area contributed by atoms with Crippen LogP contribution >= 0.6 is 0 Å². The largest absolute Gasteiger partial charge is 0.493 e. The number of H-pyrrole nitrogens is 1. The second kappa shape index (κ2) is 8.96. The van der Waals surface area contributed by atoms with Crippen LogP contribution in [0, 0.1) is 0 Å². The first kappa shape index (κ1) is 22.0. The summed E-state index contributed by atoms with van der Waals surface area (Å²) in [6.07, 6.45) is 3.35. The third-order valence-electron chi connectivity index (χ3n) is 6.80. The number of hydrogen-bond donors (Lipinski definition) is 1. The molecular formula is C28H25N5O3. The molecule has 8 heteroatoms. The van der Waals surface area contributed by atoms with E-state index in [9.17, 15) is 4.79 Å². The van der Waals surface area contributed by atoms with Crippen molar-refractivity contribution in [1.29, 1.82) is 0 Å². The second-order valence-corrected chi connectivity index (χ2v) is 8.88. The summed E-state index contributed by atoms with van der Waals surface area (Å²) < 4.78 is 10.9. The smallest absolute Gasteiger partial charge is 0.233 e. The van der Waals surface area contributed by atoms with Gasteiger partial charge in [-0.3, -0.25) is 9.89 Å². The number of anilines is 1. The number of aromatic amines is 1. The Labute approximate surface area is 207 Å². The summed E-state index contributed by atoms with van der Waals surface area (Å²) >= 11 is 0. The molecule has 0 bridgehead atoms. The van der Waals surface area contributed by atoms with Crippen LogP contribution in [0.1, 0.15) is 22.5 Å². The molecule has 5 aromatic rings. The highest BCUT2D eigenvalue weighted by Crippen LogP contribution is 2.34. The molecule has 8 nitrogen and oxygen atoms in total. The van der Waals surface area contributed by atoms with Gasteiger partial charge in [0.15, 0.2) is 11.5 Å². The summed E-state index contributed by atoms with van der Waals surface area (Å²) in [5, 5.41) is 9.27. The van der Waals surface area contributed by atoms with Gasteiger partial charge in [0.1, 0.15) is 6.33 Å². The van der Waals surface area contributed by atoms with E-state index in [1.165, 1.54) is 5.56 Å². The molecule has 3 aromatic carbocycles. The van der Waals surface area contributed by atoms with Crippen LogP contribution in [0.4, 0.5) is 5.69 Å². The van der Waals surface area contributed by atoms with E-state index in [-0.39, 0.29) is 5.91 Å². The number of aromatic nitrogens is 4. The molecule has 1 aliphatic heterocycles. The zero-order valence-electron chi connectivity index (χ0n) is 20.1. The Bertz CT molecular complexity index is 1610. The van der Waals surface area contributed by atoms with Crippen LogP contribution in [0.5, 0.6) is 11.5 Å². The van der Waals surface area contributed by atoms with Gasteiger partial charge >= 0.3 is 0 Å². The first-order valence-electron chi connectivity index (χ1n) is 11.8. The third kappa shape index (κ3) is 3.80. The van der Waals surface area contributed by atoms with Crippen molar-refractivity contribution in [1.82, 2.24) is 20.2 Å². The Morgan fingerprint density at radius 2 is 1.81 bits per heavy atom. The number of nitrogens with zero attached hydrogens (tertiary/aromatic N) is 4. The van der Waals surface area contributed by atoms with E-state index >= 15 is 0 Å². The van der Waals surface area contributed by atoms with Crippen LogP contribution in [-0.2, 0) is 24.1 Å². The molecule has 0 atom stereocenters. The molecule has 2 aromatic heterocycles. The van der Waals surface area contributed by atoms with Crippen molar-refractivity contribution in [3.05, 3.63) is 83.4 Å². The van der Waals surface area contributed by atoms with Gasteiger partial charge in [-0.1, -0.05) is 30.3 Å². The molecule has 36 heavy (non-hydrogen) atoms. The minimum absolute atomic E-state index is 0.0683. The number of benzene rings is 3. The van der Waals surface area contributed by atoms with E-state index in [1.54, 1.807) is 20.5 Å². The zero-order valence-corrected chi connectivity index (χ0v) is 20.1. The minimum atomic E-state index is 0.0683. The number of rotatable bonds is 6. The maximum Gasteiger partial charge on any atom is 0.233 e. The average molecular weight is 480 g/mol. The maximum atomic E-state index is 13.2. The third-order valence-corrected chi connectivity index (χ3v) is 6.80. The zero-order chi connectivity index (χ0) is 24.6. The molecule has 1 amide bonds. The molecule has 6 rings (SSSR count). The number of carbonyl (C=O) groups is 1. The predicted molar refractivity (Wildman–Crippen MR) is 138 cm³/mol. The number of methoxy groups -OCH3 is 2. The average Bonchev–Trinajstić information content (AvgIpc) is 3.52. The first-order chi connectivity index (χ1) is 17.6. The number of para-hydroxylation sites is 1. The maximum absolute atomic E-state index is 13.2. The highest BCUT2D eigenvalue weighted by atomic mass is 16.5. The Morgan fingerprint density at radius 3 is 2.67 bits per heavy atom. The highest BCUT2D eigenvalue weighted by molar-refractivity contribution is 5.98.